The minimum Gasteiger partial charge on any atom is -0.384 e. The number of nitrogens with zero attached hydrogens (tertiary/aromatic N) is 2. The zero-order chi connectivity index (χ0) is 21.3. The van der Waals surface area contributed by atoms with Crippen molar-refractivity contribution in [2.45, 2.75) is 26.2 Å². The molecule has 0 spiro atoms. The molecule has 0 saturated heterocycles. The highest BCUT2D eigenvalue weighted by atomic mass is 19.1. The van der Waals surface area contributed by atoms with Gasteiger partial charge in [-0.15, -0.1) is 0 Å². The quantitative estimate of drug-likeness (QED) is 0.641. The Hall–Kier alpha value is -3.74. The third kappa shape index (κ3) is 3.87. The highest BCUT2D eigenvalue weighted by Crippen LogP contribution is 2.39. The van der Waals surface area contributed by atoms with Crippen LogP contribution in [0.5, 0.6) is 0 Å². The number of nitrogens with two attached hydrogens (primary N) is 1. The maximum absolute atomic E-state index is 14.1. The molecule has 0 bridgehead atoms. The van der Waals surface area contributed by atoms with Crippen LogP contribution in [0.15, 0.2) is 54.9 Å². The van der Waals surface area contributed by atoms with Crippen molar-refractivity contribution < 1.29 is 14.0 Å². The maximum Gasteiger partial charge on any atom is 0.329 e. The fraction of sp³-hybridized carbons (Fsp3) is 0.174. The smallest absolute Gasteiger partial charge is 0.329 e. The van der Waals surface area contributed by atoms with Gasteiger partial charge >= 0.3 is 5.97 Å². The second-order valence-electron chi connectivity index (χ2n) is 7.25. The maximum atomic E-state index is 14.1. The first-order valence-corrected chi connectivity index (χ1v) is 9.54. The molecule has 1 aliphatic carbocycles. The van der Waals surface area contributed by atoms with Crippen LogP contribution in [0, 0.1) is 12.7 Å². The van der Waals surface area contributed by atoms with Gasteiger partial charge in [-0.3, -0.25) is 9.78 Å². The van der Waals surface area contributed by atoms with E-state index < -0.39 is 5.97 Å². The van der Waals surface area contributed by atoms with E-state index >= 15 is 0 Å². The van der Waals surface area contributed by atoms with Crippen molar-refractivity contribution in [3.8, 4) is 11.1 Å². The molecular formula is C23H21FN4O2. The molecule has 152 valence electrons. The molecule has 3 aromatic rings. The number of aromatic nitrogens is 2. The van der Waals surface area contributed by atoms with Gasteiger partial charge in [0, 0.05) is 42.8 Å². The number of rotatable bonds is 4. The van der Waals surface area contributed by atoms with Crippen LogP contribution < -0.4 is 11.2 Å². The van der Waals surface area contributed by atoms with E-state index in [1.807, 2.05) is 25.1 Å². The van der Waals surface area contributed by atoms with Gasteiger partial charge in [0.05, 0.1) is 11.4 Å². The summed E-state index contributed by atoms with van der Waals surface area (Å²) < 4.78 is 14.1. The topological polar surface area (TPSA) is 90.1 Å². The Morgan fingerprint density at radius 1 is 1.30 bits per heavy atom. The SMILES string of the molecule is CC(=O)ONC1=CC(c2ccc(F)cc2-c2cccnc2)Cc2nc(N)cc(C)c21. The first-order chi connectivity index (χ1) is 14.4. The number of hydroxylamine groups is 1. The summed E-state index contributed by atoms with van der Waals surface area (Å²) in [6, 6.07) is 10.2. The summed E-state index contributed by atoms with van der Waals surface area (Å²) in [6.45, 7) is 3.25. The number of carbonyl (C=O) groups excluding carboxylic acids is 1. The van der Waals surface area contributed by atoms with Crippen molar-refractivity contribution in [3.05, 3.63) is 83.1 Å². The van der Waals surface area contributed by atoms with Crippen molar-refractivity contribution in [2.24, 2.45) is 0 Å². The standard InChI is InChI=1S/C23H21FN4O2/c1-13-8-22(25)27-20-9-16(10-21(23(13)20)28-30-14(2)29)18-6-5-17(24)11-19(18)15-4-3-7-26-12-15/h3-8,10-12,16,28H,9H2,1-2H3,(H2,25,27). The zero-order valence-corrected chi connectivity index (χ0v) is 16.6. The average molecular weight is 404 g/mol. The molecule has 3 N–H and O–H groups in total. The largest absolute Gasteiger partial charge is 0.384 e. The number of aryl methyl sites for hydroxylation is 1. The van der Waals surface area contributed by atoms with Gasteiger partial charge in [0.25, 0.3) is 0 Å². The Balaban J connectivity index is 1.84. The predicted octanol–water partition coefficient (Wildman–Crippen LogP) is 3.92. The van der Waals surface area contributed by atoms with Crippen LogP contribution in [0.2, 0.25) is 0 Å². The van der Waals surface area contributed by atoms with Gasteiger partial charge in [-0.1, -0.05) is 12.1 Å². The van der Waals surface area contributed by atoms with Crippen LogP contribution in [-0.2, 0) is 16.1 Å². The van der Waals surface area contributed by atoms with E-state index in [1.165, 1.54) is 19.1 Å². The molecular weight excluding hydrogens is 383 g/mol. The normalized spacial score (nSPS) is 15.2. The van der Waals surface area contributed by atoms with E-state index in [4.69, 9.17) is 10.6 Å². The molecule has 4 rings (SSSR count). The number of carbonyl (C=O) groups is 1. The first kappa shape index (κ1) is 19.6. The van der Waals surface area contributed by atoms with E-state index in [-0.39, 0.29) is 11.7 Å². The highest BCUT2D eigenvalue weighted by molar-refractivity contribution is 5.76. The minimum absolute atomic E-state index is 0.139. The van der Waals surface area contributed by atoms with Gasteiger partial charge in [0.2, 0.25) is 0 Å². The molecule has 1 atom stereocenters. The molecule has 1 unspecified atom stereocenters. The van der Waals surface area contributed by atoms with Crippen LogP contribution in [-0.4, -0.2) is 15.9 Å². The van der Waals surface area contributed by atoms with Crippen LogP contribution in [0.4, 0.5) is 10.2 Å². The van der Waals surface area contributed by atoms with Crippen molar-refractivity contribution in [3.63, 3.8) is 0 Å². The number of pyridine rings is 2. The zero-order valence-electron chi connectivity index (χ0n) is 16.6. The molecule has 0 saturated carbocycles. The molecule has 1 aliphatic rings. The molecule has 0 fully saturated rings. The Labute approximate surface area is 173 Å². The van der Waals surface area contributed by atoms with Crippen molar-refractivity contribution in [1.29, 1.82) is 0 Å². The Bertz CT molecular complexity index is 1150. The molecule has 7 heteroatoms. The first-order valence-electron chi connectivity index (χ1n) is 9.54. The minimum atomic E-state index is -0.460. The Kier molecular flexibility index (Phi) is 5.18. The van der Waals surface area contributed by atoms with Gasteiger partial charge in [0.1, 0.15) is 11.6 Å². The number of hydrogen-bond donors (Lipinski definition) is 2. The van der Waals surface area contributed by atoms with Gasteiger partial charge in [-0.05, 0) is 54.0 Å². The molecule has 0 amide bonds. The van der Waals surface area contributed by atoms with E-state index in [0.717, 1.165) is 33.5 Å². The van der Waals surface area contributed by atoms with Crippen LogP contribution >= 0.6 is 0 Å². The number of allylic oxidation sites excluding steroid dienone is 1. The monoisotopic (exact) mass is 404 g/mol. The van der Waals surface area contributed by atoms with Gasteiger partial charge in [-0.25, -0.2) is 14.9 Å². The molecule has 30 heavy (non-hydrogen) atoms. The fourth-order valence-electron chi connectivity index (χ4n) is 3.87. The van der Waals surface area contributed by atoms with Crippen molar-refractivity contribution in [2.75, 3.05) is 5.73 Å². The van der Waals surface area contributed by atoms with Crippen LogP contribution in [0.3, 0.4) is 0 Å². The molecule has 0 aliphatic heterocycles. The lowest BCUT2D eigenvalue weighted by Crippen LogP contribution is -2.23. The summed E-state index contributed by atoms with van der Waals surface area (Å²) >= 11 is 0. The third-order valence-corrected chi connectivity index (χ3v) is 5.05. The second-order valence-corrected chi connectivity index (χ2v) is 7.25. The Morgan fingerprint density at radius 3 is 2.87 bits per heavy atom. The Morgan fingerprint density at radius 2 is 2.13 bits per heavy atom. The fourth-order valence-corrected chi connectivity index (χ4v) is 3.87. The van der Waals surface area contributed by atoms with E-state index in [2.05, 4.69) is 15.4 Å². The van der Waals surface area contributed by atoms with Gasteiger partial charge < -0.3 is 10.6 Å². The summed E-state index contributed by atoms with van der Waals surface area (Å²) in [6.07, 6.45) is 5.93. The molecule has 0 radical (unpaired) electrons. The summed E-state index contributed by atoms with van der Waals surface area (Å²) in [7, 11) is 0. The molecule has 1 aromatic carbocycles. The number of anilines is 1. The summed E-state index contributed by atoms with van der Waals surface area (Å²) in [5.74, 6) is -0.502. The number of halogens is 1. The summed E-state index contributed by atoms with van der Waals surface area (Å²) in [5, 5.41) is 0. The highest BCUT2D eigenvalue weighted by Gasteiger charge is 2.26. The second kappa shape index (κ2) is 7.94. The van der Waals surface area contributed by atoms with Gasteiger partial charge in [-0.2, -0.15) is 0 Å². The lowest BCUT2D eigenvalue weighted by Gasteiger charge is -2.27. The van der Waals surface area contributed by atoms with Crippen molar-refractivity contribution in [1.82, 2.24) is 15.4 Å². The molecule has 6 nitrogen and oxygen atoms in total. The lowest BCUT2D eigenvalue weighted by atomic mass is 9.82. The number of fused-ring (bicyclic) bond motifs is 1. The molecule has 2 aromatic heterocycles. The van der Waals surface area contributed by atoms with Crippen molar-refractivity contribution >= 4 is 17.5 Å². The van der Waals surface area contributed by atoms with Crippen LogP contribution in [0.1, 0.15) is 35.2 Å². The average Bonchev–Trinajstić information content (AvgIpc) is 2.72. The van der Waals surface area contributed by atoms with Gasteiger partial charge in [0.15, 0.2) is 0 Å². The van der Waals surface area contributed by atoms with E-state index in [9.17, 15) is 9.18 Å². The number of nitrogen functional groups attached to an aromatic ring is 1. The molecule has 2 heterocycles. The number of nitrogens with one attached hydrogen (secondary N) is 1. The predicted molar refractivity (Wildman–Crippen MR) is 112 cm³/mol. The lowest BCUT2D eigenvalue weighted by molar-refractivity contribution is -0.145. The van der Waals surface area contributed by atoms with Crippen LogP contribution in [0.25, 0.3) is 16.8 Å². The van der Waals surface area contributed by atoms with E-state index in [0.29, 0.717) is 17.9 Å². The van der Waals surface area contributed by atoms with E-state index in [1.54, 1.807) is 24.5 Å². The third-order valence-electron chi connectivity index (χ3n) is 5.05. The number of hydrogen-bond acceptors (Lipinski definition) is 6. The summed E-state index contributed by atoms with van der Waals surface area (Å²) in [4.78, 5) is 25.1. The number of benzene rings is 1. The summed E-state index contributed by atoms with van der Waals surface area (Å²) in [5.41, 5.74) is 14.4.